The van der Waals surface area contributed by atoms with Crippen LogP contribution in [0.15, 0.2) is 59.5 Å². The lowest BCUT2D eigenvalue weighted by Crippen LogP contribution is -2.40. The maximum atomic E-state index is 13.1. The van der Waals surface area contributed by atoms with E-state index < -0.39 is 10.0 Å². The fraction of sp³-hybridized carbons (Fsp3) is 0.273. The molecule has 8 nitrogen and oxygen atoms in total. The molecule has 0 atom stereocenters. The van der Waals surface area contributed by atoms with E-state index in [-0.39, 0.29) is 4.90 Å². The summed E-state index contributed by atoms with van der Waals surface area (Å²) in [4.78, 5) is 0.285. The number of rotatable bonds is 6. The Bertz CT molecular complexity index is 1160. The number of nitrogens with zero attached hydrogens (tertiary/aromatic N) is 3. The first-order valence-electron chi connectivity index (χ1n) is 9.91. The van der Waals surface area contributed by atoms with Crippen molar-refractivity contribution >= 4 is 21.5 Å². The van der Waals surface area contributed by atoms with Crippen molar-refractivity contribution in [2.45, 2.75) is 11.8 Å². The van der Waals surface area contributed by atoms with Gasteiger partial charge in [0.2, 0.25) is 10.0 Å². The predicted molar refractivity (Wildman–Crippen MR) is 118 cm³/mol. The lowest BCUT2D eigenvalue weighted by Gasteiger charge is -2.26. The van der Waals surface area contributed by atoms with E-state index in [2.05, 4.69) is 15.5 Å². The second-order valence-corrected chi connectivity index (χ2v) is 9.06. The van der Waals surface area contributed by atoms with Crippen molar-refractivity contribution in [2.75, 3.05) is 38.7 Å². The Labute approximate surface area is 181 Å². The van der Waals surface area contributed by atoms with E-state index in [9.17, 15) is 8.42 Å². The monoisotopic (exact) mass is 440 g/mol. The summed E-state index contributed by atoms with van der Waals surface area (Å²) in [6.07, 6.45) is 0. The van der Waals surface area contributed by atoms with Crippen molar-refractivity contribution in [1.82, 2.24) is 14.5 Å². The molecule has 31 heavy (non-hydrogen) atoms. The van der Waals surface area contributed by atoms with Gasteiger partial charge in [0, 0.05) is 30.4 Å². The summed E-state index contributed by atoms with van der Waals surface area (Å²) in [6, 6.07) is 16.4. The second kappa shape index (κ2) is 9.01. The molecule has 2 aromatic carbocycles. The maximum Gasteiger partial charge on any atom is 0.243 e. The quantitative estimate of drug-likeness (QED) is 0.629. The molecule has 1 aliphatic rings. The van der Waals surface area contributed by atoms with Crippen molar-refractivity contribution in [3.8, 4) is 17.0 Å². The van der Waals surface area contributed by atoms with E-state index >= 15 is 0 Å². The highest BCUT2D eigenvalue weighted by Gasteiger charge is 2.28. The molecule has 1 aromatic heterocycles. The summed E-state index contributed by atoms with van der Waals surface area (Å²) in [5, 5.41) is 11.7. The molecule has 0 bridgehead atoms. The third-order valence-electron chi connectivity index (χ3n) is 5.08. The standard InChI is InChI=1S/C22H24N4O4S/c1-16-6-7-17(14-21(16)31(27,28)26-10-12-30-13-11-26)20-8-9-22(25-24-20)23-18-4-3-5-19(15-18)29-2/h3-9,14-15H,10-13H2,1-2H3,(H,23,25). The molecule has 0 saturated carbocycles. The molecule has 0 unspecified atom stereocenters. The van der Waals surface area contributed by atoms with E-state index in [0.717, 1.165) is 11.4 Å². The van der Waals surface area contributed by atoms with Crippen LogP contribution in [0.1, 0.15) is 5.56 Å². The van der Waals surface area contributed by atoms with E-state index in [0.29, 0.717) is 48.9 Å². The molecule has 0 amide bonds. The number of sulfonamides is 1. The van der Waals surface area contributed by atoms with Gasteiger partial charge in [-0.25, -0.2) is 8.42 Å². The molecule has 4 rings (SSSR count). The molecule has 0 radical (unpaired) electrons. The first-order chi connectivity index (χ1) is 15.0. The highest BCUT2D eigenvalue weighted by Crippen LogP contribution is 2.27. The van der Waals surface area contributed by atoms with Crippen LogP contribution in [0.3, 0.4) is 0 Å². The molecule has 1 fully saturated rings. The van der Waals surface area contributed by atoms with Crippen molar-refractivity contribution in [2.24, 2.45) is 0 Å². The molecule has 9 heteroatoms. The molecule has 2 heterocycles. The van der Waals surface area contributed by atoms with Gasteiger partial charge in [0.15, 0.2) is 5.82 Å². The predicted octanol–water partition coefficient (Wildman–Crippen LogP) is 3.23. The largest absolute Gasteiger partial charge is 0.497 e. The summed E-state index contributed by atoms with van der Waals surface area (Å²) in [5.41, 5.74) is 2.81. The van der Waals surface area contributed by atoms with Gasteiger partial charge in [0.1, 0.15) is 5.75 Å². The highest BCUT2D eigenvalue weighted by molar-refractivity contribution is 7.89. The molecule has 0 spiro atoms. The van der Waals surface area contributed by atoms with E-state index in [1.807, 2.05) is 36.4 Å². The van der Waals surface area contributed by atoms with Crippen LogP contribution >= 0.6 is 0 Å². The number of aryl methyl sites for hydroxylation is 1. The van der Waals surface area contributed by atoms with Crippen molar-refractivity contribution in [3.05, 3.63) is 60.2 Å². The zero-order valence-electron chi connectivity index (χ0n) is 17.4. The second-order valence-electron chi connectivity index (χ2n) is 7.16. The highest BCUT2D eigenvalue weighted by atomic mass is 32.2. The van der Waals surface area contributed by atoms with E-state index in [4.69, 9.17) is 9.47 Å². The van der Waals surface area contributed by atoms with Gasteiger partial charge in [-0.15, -0.1) is 10.2 Å². The molecule has 1 aliphatic heterocycles. The van der Waals surface area contributed by atoms with Gasteiger partial charge in [-0.2, -0.15) is 4.31 Å². The Morgan fingerprint density at radius 3 is 2.55 bits per heavy atom. The van der Waals surface area contributed by atoms with Crippen molar-refractivity contribution < 1.29 is 17.9 Å². The fourth-order valence-corrected chi connectivity index (χ4v) is 5.02. The van der Waals surface area contributed by atoms with Crippen LogP contribution in [0, 0.1) is 6.92 Å². The van der Waals surface area contributed by atoms with Crippen molar-refractivity contribution in [3.63, 3.8) is 0 Å². The normalized spacial score (nSPS) is 14.9. The lowest BCUT2D eigenvalue weighted by atomic mass is 10.1. The summed E-state index contributed by atoms with van der Waals surface area (Å²) in [7, 11) is -1.98. The molecular weight excluding hydrogens is 416 g/mol. The van der Waals surface area contributed by atoms with Gasteiger partial charge in [-0.1, -0.05) is 18.2 Å². The zero-order valence-corrected chi connectivity index (χ0v) is 18.2. The fourth-order valence-electron chi connectivity index (χ4n) is 3.36. The van der Waals surface area contributed by atoms with Crippen LogP contribution in [-0.2, 0) is 14.8 Å². The van der Waals surface area contributed by atoms with Gasteiger partial charge < -0.3 is 14.8 Å². The first-order valence-corrected chi connectivity index (χ1v) is 11.3. The molecule has 1 saturated heterocycles. The molecule has 0 aliphatic carbocycles. The third-order valence-corrected chi connectivity index (χ3v) is 7.12. The summed E-state index contributed by atoms with van der Waals surface area (Å²) >= 11 is 0. The number of methoxy groups -OCH3 is 1. The Kier molecular flexibility index (Phi) is 6.17. The SMILES string of the molecule is COc1cccc(Nc2ccc(-c3ccc(C)c(S(=O)(=O)N4CCOCC4)c3)nn2)c1. The summed E-state index contributed by atoms with van der Waals surface area (Å²) in [6.45, 7) is 3.33. The minimum absolute atomic E-state index is 0.285. The Balaban J connectivity index is 1.58. The van der Waals surface area contributed by atoms with Crippen LogP contribution in [0.25, 0.3) is 11.3 Å². The number of nitrogens with one attached hydrogen (secondary N) is 1. The molecule has 1 N–H and O–H groups in total. The van der Waals surface area contributed by atoms with E-state index in [1.54, 1.807) is 32.2 Å². The zero-order chi connectivity index (χ0) is 21.8. The van der Waals surface area contributed by atoms with Gasteiger partial charge in [0.25, 0.3) is 0 Å². The van der Waals surface area contributed by atoms with Crippen LogP contribution < -0.4 is 10.1 Å². The number of hydrogen-bond acceptors (Lipinski definition) is 7. The Hall–Kier alpha value is -3.01. The number of hydrogen-bond donors (Lipinski definition) is 1. The van der Waals surface area contributed by atoms with Gasteiger partial charge in [-0.05, 0) is 42.8 Å². The topological polar surface area (TPSA) is 93.7 Å². The van der Waals surface area contributed by atoms with Gasteiger partial charge >= 0.3 is 0 Å². The van der Waals surface area contributed by atoms with Gasteiger partial charge in [0.05, 0.1) is 30.9 Å². The van der Waals surface area contributed by atoms with Crippen LogP contribution in [-0.4, -0.2) is 56.3 Å². The van der Waals surface area contributed by atoms with E-state index in [1.165, 1.54) is 4.31 Å². The Morgan fingerprint density at radius 2 is 1.84 bits per heavy atom. The summed E-state index contributed by atoms with van der Waals surface area (Å²) in [5.74, 6) is 1.31. The van der Waals surface area contributed by atoms with Crippen molar-refractivity contribution in [1.29, 1.82) is 0 Å². The molecule has 162 valence electrons. The number of ether oxygens (including phenoxy) is 2. The number of morpholine rings is 1. The average molecular weight is 441 g/mol. The third kappa shape index (κ3) is 4.68. The summed E-state index contributed by atoms with van der Waals surface area (Å²) < 4.78 is 38.2. The van der Waals surface area contributed by atoms with Crippen LogP contribution in [0.4, 0.5) is 11.5 Å². The minimum Gasteiger partial charge on any atom is -0.497 e. The number of anilines is 2. The smallest absolute Gasteiger partial charge is 0.243 e. The average Bonchev–Trinajstić information content (AvgIpc) is 2.80. The van der Waals surface area contributed by atoms with Crippen LogP contribution in [0.2, 0.25) is 0 Å². The maximum absolute atomic E-state index is 13.1. The minimum atomic E-state index is -3.60. The molecular formula is C22H24N4O4S. The first kappa shape index (κ1) is 21.2. The Morgan fingerprint density at radius 1 is 1.03 bits per heavy atom. The van der Waals surface area contributed by atoms with Crippen LogP contribution in [0.5, 0.6) is 5.75 Å². The lowest BCUT2D eigenvalue weighted by molar-refractivity contribution is 0.0730. The molecule has 3 aromatic rings. The number of benzene rings is 2. The van der Waals surface area contributed by atoms with Gasteiger partial charge in [-0.3, -0.25) is 0 Å². The number of aromatic nitrogens is 2.